The molecule has 0 unspecified atom stereocenters. The lowest BCUT2D eigenvalue weighted by atomic mass is 10.1. The summed E-state index contributed by atoms with van der Waals surface area (Å²) in [4.78, 5) is 19.5. The third-order valence-corrected chi connectivity index (χ3v) is 3.89. The van der Waals surface area contributed by atoms with Crippen molar-refractivity contribution in [3.63, 3.8) is 0 Å². The number of hydrogen-bond acceptors (Lipinski definition) is 3. The van der Waals surface area contributed by atoms with E-state index >= 15 is 0 Å². The normalized spacial score (nSPS) is 22.3. The Morgan fingerprint density at radius 2 is 1.95 bits per heavy atom. The Kier molecular flexibility index (Phi) is 3.57. The van der Waals surface area contributed by atoms with Gasteiger partial charge >= 0.3 is 0 Å². The molecule has 19 heavy (non-hydrogen) atoms. The van der Waals surface area contributed by atoms with Gasteiger partial charge in [0.2, 0.25) is 0 Å². The van der Waals surface area contributed by atoms with Crippen molar-refractivity contribution < 1.29 is 9.63 Å². The third kappa shape index (κ3) is 2.67. The van der Waals surface area contributed by atoms with Gasteiger partial charge in [-0.15, -0.1) is 0 Å². The summed E-state index contributed by atoms with van der Waals surface area (Å²) in [6.07, 6.45) is 4.07. The molecule has 4 nitrogen and oxygen atoms in total. The van der Waals surface area contributed by atoms with E-state index in [1.165, 1.54) is 0 Å². The molecule has 1 aromatic carbocycles. The molecule has 0 bridgehead atoms. The second kappa shape index (κ2) is 5.35. The Bertz CT molecular complexity index is 507. The summed E-state index contributed by atoms with van der Waals surface area (Å²) in [7, 11) is 0. The van der Waals surface area contributed by atoms with Crippen LogP contribution >= 0.6 is 15.9 Å². The zero-order valence-corrected chi connectivity index (χ0v) is 12.0. The number of carbonyl (C=O) groups is 1. The number of amides is 1. The van der Waals surface area contributed by atoms with Gasteiger partial charge in [-0.25, -0.2) is 0 Å². The molecule has 0 aliphatic carbocycles. The average Bonchev–Trinajstić information content (AvgIpc) is 3.09. The number of nitrogens with one attached hydrogen (secondary N) is 1. The molecule has 2 heterocycles. The minimum absolute atomic E-state index is 0.106. The minimum Gasteiger partial charge on any atom is -0.339 e. The predicted octanol–water partition coefficient (Wildman–Crippen LogP) is 2.73. The summed E-state index contributed by atoms with van der Waals surface area (Å²) in [6.45, 7) is 1.76. The van der Waals surface area contributed by atoms with Crippen LogP contribution in [0, 0.1) is 0 Å². The van der Waals surface area contributed by atoms with Crippen LogP contribution in [0.4, 0.5) is 0 Å². The number of rotatable bonds is 2. The maximum atomic E-state index is 12.2. The zero-order valence-electron chi connectivity index (χ0n) is 10.4. The molecule has 1 atom stereocenters. The molecule has 2 aliphatic rings. The van der Waals surface area contributed by atoms with E-state index in [4.69, 9.17) is 4.84 Å². The van der Waals surface area contributed by atoms with E-state index in [-0.39, 0.29) is 12.0 Å². The molecule has 5 heteroatoms. The number of benzene rings is 1. The fourth-order valence-corrected chi connectivity index (χ4v) is 2.74. The van der Waals surface area contributed by atoms with Crippen LogP contribution in [-0.2, 0) is 4.84 Å². The standard InChI is InChI=1S/C14H15BrN2O2/c15-13-9-12(19-16-13)10-3-5-11(6-4-10)14(18)17-7-1-2-8-17/h3-6,9,12,16H,1-2,7-8H2/t12-/m0/s1. The van der Waals surface area contributed by atoms with Crippen molar-refractivity contribution in [2.75, 3.05) is 13.1 Å². The first-order valence-electron chi connectivity index (χ1n) is 6.42. The second-order valence-corrected chi connectivity index (χ2v) is 5.63. The first-order valence-corrected chi connectivity index (χ1v) is 7.21. The molecule has 2 aliphatic heterocycles. The summed E-state index contributed by atoms with van der Waals surface area (Å²) >= 11 is 3.32. The Balaban J connectivity index is 1.73. The number of halogens is 1. The van der Waals surface area contributed by atoms with Crippen molar-refractivity contribution in [1.29, 1.82) is 0 Å². The molecular formula is C14H15BrN2O2. The average molecular weight is 323 g/mol. The van der Waals surface area contributed by atoms with Crippen LogP contribution in [0.25, 0.3) is 0 Å². The van der Waals surface area contributed by atoms with E-state index in [0.717, 1.165) is 41.7 Å². The molecule has 0 radical (unpaired) electrons. The summed E-state index contributed by atoms with van der Waals surface area (Å²) in [5.41, 5.74) is 4.53. The van der Waals surface area contributed by atoms with Gasteiger partial charge in [-0.1, -0.05) is 12.1 Å². The lowest BCUT2D eigenvalue weighted by Crippen LogP contribution is -2.27. The fraction of sp³-hybridized carbons (Fsp3) is 0.357. The van der Waals surface area contributed by atoms with E-state index < -0.39 is 0 Å². The van der Waals surface area contributed by atoms with Crippen molar-refractivity contribution in [3.8, 4) is 0 Å². The second-order valence-electron chi connectivity index (χ2n) is 4.78. The molecule has 1 saturated heterocycles. The quantitative estimate of drug-likeness (QED) is 0.851. The van der Waals surface area contributed by atoms with E-state index in [1.807, 2.05) is 35.2 Å². The molecular weight excluding hydrogens is 308 g/mol. The van der Waals surface area contributed by atoms with Gasteiger partial charge < -0.3 is 4.90 Å². The van der Waals surface area contributed by atoms with E-state index in [1.54, 1.807) is 0 Å². The highest BCUT2D eigenvalue weighted by Gasteiger charge is 2.21. The molecule has 100 valence electrons. The summed E-state index contributed by atoms with van der Waals surface area (Å²) in [5, 5.41) is 0. The van der Waals surface area contributed by atoms with Gasteiger partial charge in [0.05, 0.1) is 0 Å². The van der Waals surface area contributed by atoms with Crippen LogP contribution in [0.15, 0.2) is 34.9 Å². The Labute approximate surface area is 120 Å². The maximum absolute atomic E-state index is 12.2. The topological polar surface area (TPSA) is 41.6 Å². The van der Waals surface area contributed by atoms with Gasteiger partial charge in [0.1, 0.15) is 10.7 Å². The Morgan fingerprint density at radius 1 is 1.26 bits per heavy atom. The molecule has 1 N–H and O–H groups in total. The third-order valence-electron chi connectivity index (χ3n) is 3.46. The molecule has 3 rings (SSSR count). The minimum atomic E-state index is -0.106. The van der Waals surface area contributed by atoms with Crippen molar-refractivity contribution in [1.82, 2.24) is 10.4 Å². The monoisotopic (exact) mass is 322 g/mol. The lowest BCUT2D eigenvalue weighted by molar-refractivity contribution is 0.0457. The van der Waals surface area contributed by atoms with Crippen LogP contribution in [0.2, 0.25) is 0 Å². The smallest absolute Gasteiger partial charge is 0.253 e. The van der Waals surface area contributed by atoms with Gasteiger partial charge in [-0.3, -0.25) is 15.1 Å². The molecule has 0 aromatic heterocycles. The number of nitrogens with zero attached hydrogens (tertiary/aromatic N) is 1. The predicted molar refractivity (Wildman–Crippen MR) is 75.6 cm³/mol. The van der Waals surface area contributed by atoms with E-state index in [0.29, 0.717) is 0 Å². The number of hydroxylamine groups is 1. The number of hydrogen-bond donors (Lipinski definition) is 1. The van der Waals surface area contributed by atoms with Crippen molar-refractivity contribution in [3.05, 3.63) is 46.1 Å². The lowest BCUT2D eigenvalue weighted by Gasteiger charge is -2.15. The van der Waals surface area contributed by atoms with Crippen molar-refractivity contribution in [2.45, 2.75) is 18.9 Å². The van der Waals surface area contributed by atoms with E-state index in [9.17, 15) is 4.79 Å². The van der Waals surface area contributed by atoms with Gasteiger partial charge in [-0.2, -0.15) is 0 Å². The van der Waals surface area contributed by atoms with Crippen molar-refractivity contribution in [2.24, 2.45) is 0 Å². The molecule has 1 fully saturated rings. The van der Waals surface area contributed by atoms with Gasteiger partial charge in [0.25, 0.3) is 5.91 Å². The van der Waals surface area contributed by atoms with Crippen LogP contribution in [0.5, 0.6) is 0 Å². The maximum Gasteiger partial charge on any atom is 0.253 e. The van der Waals surface area contributed by atoms with Gasteiger partial charge in [-0.05, 0) is 52.5 Å². The van der Waals surface area contributed by atoms with Crippen LogP contribution in [0.1, 0.15) is 34.9 Å². The van der Waals surface area contributed by atoms with Gasteiger partial charge in [0.15, 0.2) is 0 Å². The van der Waals surface area contributed by atoms with Gasteiger partial charge in [0, 0.05) is 18.7 Å². The van der Waals surface area contributed by atoms with Crippen LogP contribution in [-0.4, -0.2) is 23.9 Å². The number of carbonyl (C=O) groups excluding carboxylic acids is 1. The fourth-order valence-electron chi connectivity index (χ4n) is 2.40. The highest BCUT2D eigenvalue weighted by molar-refractivity contribution is 9.11. The van der Waals surface area contributed by atoms with Crippen molar-refractivity contribution >= 4 is 21.8 Å². The molecule has 0 spiro atoms. The Hall–Kier alpha value is -1.33. The number of likely N-dealkylation sites (tertiary alicyclic amines) is 1. The molecule has 0 saturated carbocycles. The van der Waals surface area contributed by atoms with E-state index in [2.05, 4.69) is 21.4 Å². The SMILES string of the molecule is O=C(c1ccc([C@@H]2C=C(Br)NO2)cc1)N1CCCC1. The Morgan fingerprint density at radius 3 is 2.53 bits per heavy atom. The molecule has 1 amide bonds. The largest absolute Gasteiger partial charge is 0.339 e. The van der Waals surface area contributed by atoms with Crippen LogP contribution in [0.3, 0.4) is 0 Å². The zero-order chi connectivity index (χ0) is 13.2. The highest BCUT2D eigenvalue weighted by atomic mass is 79.9. The highest BCUT2D eigenvalue weighted by Crippen LogP contribution is 2.26. The summed E-state index contributed by atoms with van der Waals surface area (Å²) < 4.78 is 0.828. The molecule has 1 aromatic rings. The summed E-state index contributed by atoms with van der Waals surface area (Å²) in [5.74, 6) is 0.131. The summed E-state index contributed by atoms with van der Waals surface area (Å²) in [6, 6.07) is 7.63. The first-order chi connectivity index (χ1) is 9.24. The van der Waals surface area contributed by atoms with Crippen LogP contribution < -0.4 is 5.48 Å². The first kappa shape index (κ1) is 12.7.